The molecule has 2 aromatic carbocycles. The van der Waals surface area contributed by atoms with Crippen LogP contribution in [0.1, 0.15) is 44.5 Å². The molecule has 0 saturated carbocycles. The van der Waals surface area contributed by atoms with Crippen molar-refractivity contribution in [3.05, 3.63) is 94.3 Å². The Morgan fingerprint density at radius 1 is 1.03 bits per heavy atom. The van der Waals surface area contributed by atoms with Gasteiger partial charge in [0.25, 0.3) is 0 Å². The molecule has 3 heterocycles. The maximum atomic E-state index is 14.7. The molecule has 4 aromatic rings. The lowest BCUT2D eigenvalue weighted by Gasteiger charge is -2.19. The molecule has 0 spiro atoms. The van der Waals surface area contributed by atoms with Crippen LogP contribution in [0.3, 0.4) is 0 Å². The van der Waals surface area contributed by atoms with Crippen molar-refractivity contribution >= 4 is 34.6 Å². The number of aryl methyl sites for hydroxylation is 2. The van der Waals surface area contributed by atoms with Gasteiger partial charge >= 0.3 is 11.9 Å². The van der Waals surface area contributed by atoms with E-state index in [0.29, 0.717) is 11.1 Å². The molecule has 2 aromatic heterocycles. The summed E-state index contributed by atoms with van der Waals surface area (Å²) in [4.78, 5) is 33.4. The van der Waals surface area contributed by atoms with Crippen molar-refractivity contribution in [1.29, 1.82) is 0 Å². The van der Waals surface area contributed by atoms with Crippen molar-refractivity contribution in [2.24, 2.45) is 0 Å². The Bertz CT molecular complexity index is 1460. The third-order valence-electron chi connectivity index (χ3n) is 6.22. The van der Waals surface area contributed by atoms with Gasteiger partial charge in [-0.1, -0.05) is 47.0 Å². The van der Waals surface area contributed by atoms with Crippen molar-refractivity contribution in [3.8, 4) is 0 Å². The van der Waals surface area contributed by atoms with Crippen LogP contribution in [0.2, 0.25) is 5.15 Å². The van der Waals surface area contributed by atoms with Gasteiger partial charge in [-0.05, 0) is 38.1 Å². The third kappa shape index (κ3) is 5.19. The first-order valence-electron chi connectivity index (χ1n) is 11.6. The lowest BCUT2D eigenvalue weighted by Crippen LogP contribution is -2.32. The van der Waals surface area contributed by atoms with E-state index in [-0.39, 0.29) is 29.2 Å². The fraction of sp³-hybridized carbons (Fsp3) is 0.259. The van der Waals surface area contributed by atoms with E-state index in [0.717, 1.165) is 11.1 Å². The Morgan fingerprint density at radius 2 is 1.65 bits per heavy atom. The summed E-state index contributed by atoms with van der Waals surface area (Å²) in [6.45, 7) is 3.66. The minimum absolute atomic E-state index is 0.0230. The number of carbonyl (C=O) groups excluding carboxylic acids is 2. The number of esters is 2. The largest absolute Gasteiger partial charge is 0.459 e. The summed E-state index contributed by atoms with van der Waals surface area (Å²) in [5.41, 5.74) is 3.02. The smallest absolute Gasteiger partial charge is 0.338 e. The van der Waals surface area contributed by atoms with Crippen molar-refractivity contribution in [1.82, 2.24) is 14.5 Å². The first-order chi connectivity index (χ1) is 17.8. The van der Waals surface area contributed by atoms with Crippen LogP contribution >= 0.6 is 11.6 Å². The van der Waals surface area contributed by atoms with E-state index >= 15 is 0 Å². The standard InChI is InChI=1S/C27H23ClFN3O5/c1-15-3-7-17(8-4-15)26(33)35-13-21-20(37-27(34)18-9-5-16(2)6-10-18)11-22(36-21)32-12-19(29)23-24(28)30-14-31-25(23)32/h3-10,12,14,20-22H,11,13H2,1-2H3. The molecule has 0 amide bonds. The Morgan fingerprint density at radius 3 is 2.30 bits per heavy atom. The highest BCUT2D eigenvalue weighted by Gasteiger charge is 2.41. The zero-order chi connectivity index (χ0) is 26.1. The van der Waals surface area contributed by atoms with E-state index in [1.54, 1.807) is 24.3 Å². The topological polar surface area (TPSA) is 92.5 Å². The first kappa shape index (κ1) is 24.9. The summed E-state index contributed by atoms with van der Waals surface area (Å²) < 4.78 is 33.5. The quantitative estimate of drug-likeness (QED) is 0.253. The predicted octanol–water partition coefficient (Wildman–Crippen LogP) is 5.21. The van der Waals surface area contributed by atoms with Gasteiger partial charge in [0.2, 0.25) is 0 Å². The average molecular weight is 524 g/mol. The normalized spacial score (nSPS) is 19.2. The number of nitrogens with zero attached hydrogens (tertiary/aromatic N) is 3. The van der Waals surface area contributed by atoms with E-state index < -0.39 is 36.2 Å². The molecule has 1 aliphatic heterocycles. The summed E-state index contributed by atoms with van der Waals surface area (Å²) in [6, 6.07) is 13.9. The zero-order valence-electron chi connectivity index (χ0n) is 20.1. The molecule has 0 bridgehead atoms. The van der Waals surface area contributed by atoms with Gasteiger partial charge in [0.05, 0.1) is 16.5 Å². The zero-order valence-corrected chi connectivity index (χ0v) is 20.8. The molecule has 1 saturated heterocycles. The van der Waals surface area contributed by atoms with E-state index in [4.69, 9.17) is 25.8 Å². The second kappa shape index (κ2) is 10.3. The number of rotatable bonds is 6. The molecule has 0 aliphatic carbocycles. The van der Waals surface area contributed by atoms with Gasteiger partial charge in [-0.15, -0.1) is 0 Å². The van der Waals surface area contributed by atoms with Crippen LogP contribution in [-0.4, -0.2) is 45.3 Å². The van der Waals surface area contributed by atoms with Gasteiger partial charge in [0, 0.05) is 12.6 Å². The van der Waals surface area contributed by atoms with Crippen molar-refractivity contribution in [3.63, 3.8) is 0 Å². The number of benzene rings is 2. The summed E-state index contributed by atoms with van der Waals surface area (Å²) in [5.74, 6) is -1.68. The Kier molecular flexibility index (Phi) is 6.90. The van der Waals surface area contributed by atoms with Crippen LogP contribution in [-0.2, 0) is 14.2 Å². The van der Waals surface area contributed by atoms with Gasteiger partial charge in [0.15, 0.2) is 5.82 Å². The molecule has 0 N–H and O–H groups in total. The van der Waals surface area contributed by atoms with Crippen molar-refractivity contribution in [2.75, 3.05) is 6.61 Å². The molecule has 8 nitrogen and oxygen atoms in total. The monoisotopic (exact) mass is 523 g/mol. The molecule has 37 heavy (non-hydrogen) atoms. The van der Waals surface area contributed by atoms with E-state index in [1.165, 1.54) is 17.1 Å². The van der Waals surface area contributed by atoms with Crippen LogP contribution in [0.4, 0.5) is 4.39 Å². The number of carbonyl (C=O) groups is 2. The summed E-state index contributed by atoms with van der Waals surface area (Å²) in [5, 5.41) is 0.0420. The fourth-order valence-electron chi connectivity index (χ4n) is 4.20. The average Bonchev–Trinajstić information content (AvgIpc) is 3.44. The number of aromatic nitrogens is 3. The highest BCUT2D eigenvalue weighted by molar-refractivity contribution is 6.34. The number of fused-ring (bicyclic) bond motifs is 1. The molecule has 3 atom stereocenters. The summed E-state index contributed by atoms with van der Waals surface area (Å²) in [6.07, 6.45) is 0.293. The minimum Gasteiger partial charge on any atom is -0.459 e. The first-order valence-corrected chi connectivity index (χ1v) is 12.0. The van der Waals surface area contributed by atoms with E-state index in [2.05, 4.69) is 9.97 Å². The third-order valence-corrected chi connectivity index (χ3v) is 6.51. The predicted molar refractivity (Wildman–Crippen MR) is 133 cm³/mol. The molecule has 190 valence electrons. The Hall–Kier alpha value is -3.82. The molecule has 1 fully saturated rings. The fourth-order valence-corrected chi connectivity index (χ4v) is 4.41. The second-order valence-electron chi connectivity index (χ2n) is 8.89. The summed E-state index contributed by atoms with van der Waals surface area (Å²) >= 11 is 6.07. The van der Waals surface area contributed by atoms with Crippen molar-refractivity contribution in [2.45, 2.75) is 38.7 Å². The van der Waals surface area contributed by atoms with Crippen LogP contribution in [0.5, 0.6) is 0 Å². The van der Waals surface area contributed by atoms with Crippen LogP contribution < -0.4 is 0 Å². The van der Waals surface area contributed by atoms with Gasteiger partial charge in [-0.25, -0.2) is 23.9 Å². The van der Waals surface area contributed by atoms with Crippen LogP contribution in [0.25, 0.3) is 11.0 Å². The van der Waals surface area contributed by atoms with Gasteiger partial charge < -0.3 is 18.8 Å². The maximum absolute atomic E-state index is 14.7. The van der Waals surface area contributed by atoms with Crippen molar-refractivity contribution < 1.29 is 28.2 Å². The minimum atomic E-state index is -0.799. The Labute approximate surface area is 216 Å². The lowest BCUT2D eigenvalue weighted by atomic mass is 10.1. The molecule has 0 radical (unpaired) electrons. The lowest BCUT2D eigenvalue weighted by molar-refractivity contribution is -0.0563. The van der Waals surface area contributed by atoms with Gasteiger partial charge in [0.1, 0.15) is 42.2 Å². The number of ether oxygens (including phenoxy) is 3. The molecule has 5 rings (SSSR count). The molecular formula is C27H23ClFN3O5. The molecule has 3 unspecified atom stereocenters. The maximum Gasteiger partial charge on any atom is 0.338 e. The van der Waals surface area contributed by atoms with E-state index in [9.17, 15) is 14.0 Å². The van der Waals surface area contributed by atoms with Crippen LogP contribution in [0, 0.1) is 19.7 Å². The number of hydrogen-bond donors (Lipinski definition) is 0. The second-order valence-corrected chi connectivity index (χ2v) is 9.24. The number of halogens is 2. The van der Waals surface area contributed by atoms with Crippen LogP contribution in [0.15, 0.2) is 61.1 Å². The van der Waals surface area contributed by atoms with Gasteiger partial charge in [-0.2, -0.15) is 0 Å². The van der Waals surface area contributed by atoms with Gasteiger partial charge in [-0.3, -0.25) is 0 Å². The molecular weight excluding hydrogens is 501 g/mol. The SMILES string of the molecule is Cc1ccc(C(=O)OCC2OC(n3cc(F)c4c(Cl)ncnc43)CC2OC(=O)c2ccc(C)cc2)cc1. The Balaban J connectivity index is 1.38. The summed E-state index contributed by atoms with van der Waals surface area (Å²) in [7, 11) is 0. The number of hydrogen-bond acceptors (Lipinski definition) is 7. The molecule has 10 heteroatoms. The highest BCUT2D eigenvalue weighted by Crippen LogP contribution is 2.36. The molecule has 1 aliphatic rings. The highest BCUT2D eigenvalue weighted by atomic mass is 35.5. The van der Waals surface area contributed by atoms with E-state index in [1.807, 2.05) is 38.1 Å².